The van der Waals surface area contributed by atoms with Crippen molar-refractivity contribution in [2.24, 2.45) is 0 Å². The fourth-order valence-electron chi connectivity index (χ4n) is 2.65. The summed E-state index contributed by atoms with van der Waals surface area (Å²) in [5.74, 6) is 2.99. The molecule has 0 aliphatic carbocycles. The standard InChI is InChI=1S/C19H18N2O3S2/c22-18(20-13-5-6-15-16(11-13)24-9-8-23-15)7-10-25-12-19-21-14-3-1-2-4-17(14)26-19/h1-6,11H,7-10,12H2,(H,20,22). The zero-order chi connectivity index (χ0) is 17.8. The van der Waals surface area contributed by atoms with Crippen LogP contribution >= 0.6 is 23.1 Å². The van der Waals surface area contributed by atoms with Gasteiger partial charge in [-0.2, -0.15) is 11.8 Å². The van der Waals surface area contributed by atoms with Gasteiger partial charge in [-0.1, -0.05) is 12.1 Å². The molecule has 26 heavy (non-hydrogen) atoms. The topological polar surface area (TPSA) is 60.5 Å². The van der Waals surface area contributed by atoms with E-state index in [0.717, 1.165) is 33.5 Å². The molecule has 0 bridgehead atoms. The molecule has 0 saturated carbocycles. The third kappa shape index (κ3) is 4.11. The van der Waals surface area contributed by atoms with Crippen LogP contribution in [-0.2, 0) is 10.5 Å². The number of thiazole rings is 1. The van der Waals surface area contributed by atoms with Crippen LogP contribution in [0.2, 0.25) is 0 Å². The van der Waals surface area contributed by atoms with Crippen LogP contribution in [0.5, 0.6) is 11.5 Å². The Kier molecular flexibility index (Phi) is 5.26. The quantitative estimate of drug-likeness (QED) is 0.639. The molecular weight excluding hydrogens is 368 g/mol. The first-order valence-electron chi connectivity index (χ1n) is 8.40. The third-order valence-corrected chi connectivity index (χ3v) is 6.05. The van der Waals surface area contributed by atoms with Gasteiger partial charge in [-0.05, 0) is 24.3 Å². The summed E-state index contributed by atoms with van der Waals surface area (Å²) in [6.45, 7) is 1.09. The van der Waals surface area contributed by atoms with Gasteiger partial charge in [-0.25, -0.2) is 4.98 Å². The summed E-state index contributed by atoms with van der Waals surface area (Å²) in [7, 11) is 0. The van der Waals surface area contributed by atoms with E-state index in [4.69, 9.17) is 9.47 Å². The molecule has 3 aromatic rings. The van der Waals surface area contributed by atoms with Gasteiger partial charge < -0.3 is 14.8 Å². The maximum absolute atomic E-state index is 12.1. The number of para-hydroxylation sites is 1. The highest BCUT2D eigenvalue weighted by Gasteiger charge is 2.12. The number of hydrogen-bond donors (Lipinski definition) is 1. The van der Waals surface area contributed by atoms with E-state index >= 15 is 0 Å². The number of anilines is 1. The number of carbonyl (C=O) groups is 1. The van der Waals surface area contributed by atoms with Gasteiger partial charge in [0.25, 0.3) is 0 Å². The highest BCUT2D eigenvalue weighted by atomic mass is 32.2. The van der Waals surface area contributed by atoms with E-state index in [1.165, 1.54) is 4.70 Å². The lowest BCUT2D eigenvalue weighted by atomic mass is 10.2. The molecule has 1 N–H and O–H groups in total. The number of nitrogens with one attached hydrogen (secondary N) is 1. The van der Waals surface area contributed by atoms with E-state index in [1.807, 2.05) is 30.3 Å². The number of thioether (sulfide) groups is 1. The van der Waals surface area contributed by atoms with Crippen LogP contribution in [0.3, 0.4) is 0 Å². The first-order chi connectivity index (χ1) is 12.8. The van der Waals surface area contributed by atoms with Gasteiger partial charge in [0.2, 0.25) is 5.91 Å². The van der Waals surface area contributed by atoms with Gasteiger partial charge in [0.1, 0.15) is 18.2 Å². The van der Waals surface area contributed by atoms with Crippen molar-refractivity contribution in [1.82, 2.24) is 4.98 Å². The van der Waals surface area contributed by atoms with E-state index in [1.54, 1.807) is 29.2 Å². The number of carbonyl (C=O) groups excluding carboxylic acids is 1. The lowest BCUT2D eigenvalue weighted by Crippen LogP contribution is -2.16. The van der Waals surface area contributed by atoms with E-state index in [9.17, 15) is 4.79 Å². The zero-order valence-corrected chi connectivity index (χ0v) is 15.7. The molecule has 0 unspecified atom stereocenters. The number of benzene rings is 2. The van der Waals surface area contributed by atoms with Crippen molar-refractivity contribution in [2.75, 3.05) is 24.3 Å². The number of hydrogen-bond acceptors (Lipinski definition) is 6. The SMILES string of the molecule is O=C(CCSCc1nc2ccccc2s1)Nc1ccc2c(c1)OCCO2. The Bertz CT molecular complexity index is 893. The normalized spacial score (nSPS) is 12.9. The van der Waals surface area contributed by atoms with Gasteiger partial charge in [0.15, 0.2) is 11.5 Å². The van der Waals surface area contributed by atoms with Crippen LogP contribution in [0, 0.1) is 0 Å². The van der Waals surface area contributed by atoms with E-state index in [2.05, 4.69) is 16.4 Å². The van der Waals surface area contributed by atoms with Crippen molar-refractivity contribution in [3.05, 3.63) is 47.5 Å². The minimum atomic E-state index is -0.00141. The number of fused-ring (bicyclic) bond motifs is 2. The van der Waals surface area contributed by atoms with Gasteiger partial charge in [0, 0.05) is 29.7 Å². The summed E-state index contributed by atoms with van der Waals surface area (Å²) < 4.78 is 12.2. The third-order valence-electron chi connectivity index (χ3n) is 3.86. The maximum Gasteiger partial charge on any atom is 0.225 e. The van der Waals surface area contributed by atoms with Crippen molar-refractivity contribution in [3.8, 4) is 11.5 Å². The fourth-order valence-corrected chi connectivity index (χ4v) is 4.61. The number of amides is 1. The Morgan fingerprint density at radius 1 is 1.15 bits per heavy atom. The highest BCUT2D eigenvalue weighted by molar-refractivity contribution is 7.98. The van der Waals surface area contributed by atoms with E-state index in [-0.39, 0.29) is 5.91 Å². The molecule has 1 amide bonds. The van der Waals surface area contributed by atoms with Crippen molar-refractivity contribution in [3.63, 3.8) is 0 Å². The second-order valence-electron chi connectivity index (χ2n) is 5.78. The average molecular weight is 386 g/mol. The molecule has 2 heterocycles. The molecule has 1 aromatic heterocycles. The second kappa shape index (κ2) is 7.97. The summed E-state index contributed by atoms with van der Waals surface area (Å²) in [6, 6.07) is 13.6. The highest BCUT2D eigenvalue weighted by Crippen LogP contribution is 2.32. The predicted octanol–water partition coefficient (Wildman–Crippen LogP) is 4.33. The van der Waals surface area contributed by atoms with Crippen LogP contribution < -0.4 is 14.8 Å². The van der Waals surface area contributed by atoms with Crippen LogP contribution in [-0.4, -0.2) is 29.9 Å². The molecule has 5 nitrogen and oxygen atoms in total. The van der Waals surface area contributed by atoms with Crippen LogP contribution in [0.4, 0.5) is 5.69 Å². The number of nitrogens with zero attached hydrogens (tertiary/aromatic N) is 1. The molecule has 1 aliphatic heterocycles. The largest absolute Gasteiger partial charge is 0.486 e. The predicted molar refractivity (Wildman–Crippen MR) is 106 cm³/mol. The van der Waals surface area contributed by atoms with Crippen LogP contribution in [0.25, 0.3) is 10.2 Å². The molecule has 0 spiro atoms. The minimum Gasteiger partial charge on any atom is -0.486 e. The Morgan fingerprint density at radius 3 is 2.88 bits per heavy atom. The average Bonchev–Trinajstić information content (AvgIpc) is 3.08. The summed E-state index contributed by atoms with van der Waals surface area (Å²) in [5, 5.41) is 4.01. The molecule has 0 fully saturated rings. The Morgan fingerprint density at radius 2 is 2.00 bits per heavy atom. The summed E-state index contributed by atoms with van der Waals surface area (Å²) in [5.41, 5.74) is 1.78. The van der Waals surface area contributed by atoms with Crippen molar-refractivity contribution in [2.45, 2.75) is 12.2 Å². The number of aromatic nitrogens is 1. The summed E-state index contributed by atoms with van der Waals surface area (Å²) in [4.78, 5) is 16.7. The van der Waals surface area contributed by atoms with Crippen LogP contribution in [0.15, 0.2) is 42.5 Å². The van der Waals surface area contributed by atoms with E-state index in [0.29, 0.717) is 25.4 Å². The number of ether oxygens (including phenoxy) is 2. The Balaban J connectivity index is 1.24. The second-order valence-corrected chi connectivity index (χ2v) is 8.00. The van der Waals surface area contributed by atoms with Gasteiger partial charge >= 0.3 is 0 Å². The smallest absolute Gasteiger partial charge is 0.225 e. The molecule has 7 heteroatoms. The molecule has 1 aliphatic rings. The monoisotopic (exact) mass is 386 g/mol. The molecule has 0 saturated heterocycles. The lowest BCUT2D eigenvalue weighted by molar-refractivity contribution is -0.115. The molecular formula is C19H18N2O3S2. The minimum absolute atomic E-state index is 0.00141. The fraction of sp³-hybridized carbons (Fsp3) is 0.263. The van der Waals surface area contributed by atoms with Gasteiger partial charge in [-0.15, -0.1) is 11.3 Å². The van der Waals surface area contributed by atoms with Crippen LogP contribution in [0.1, 0.15) is 11.4 Å². The summed E-state index contributed by atoms with van der Waals surface area (Å²) in [6.07, 6.45) is 0.462. The first kappa shape index (κ1) is 17.2. The van der Waals surface area contributed by atoms with Gasteiger partial charge in [-0.3, -0.25) is 4.79 Å². The lowest BCUT2D eigenvalue weighted by Gasteiger charge is -2.19. The number of rotatable bonds is 6. The van der Waals surface area contributed by atoms with Crippen molar-refractivity contribution >= 4 is 44.9 Å². The van der Waals surface area contributed by atoms with Gasteiger partial charge in [0.05, 0.1) is 10.2 Å². The molecule has 0 radical (unpaired) electrons. The summed E-state index contributed by atoms with van der Waals surface area (Å²) >= 11 is 3.44. The Labute approximate surface area is 159 Å². The molecule has 2 aromatic carbocycles. The zero-order valence-electron chi connectivity index (χ0n) is 14.1. The molecule has 0 atom stereocenters. The van der Waals surface area contributed by atoms with Crippen molar-refractivity contribution < 1.29 is 14.3 Å². The van der Waals surface area contributed by atoms with E-state index < -0.39 is 0 Å². The Hall–Kier alpha value is -2.25. The maximum atomic E-state index is 12.1. The molecule has 4 rings (SSSR count). The van der Waals surface area contributed by atoms with Crippen molar-refractivity contribution in [1.29, 1.82) is 0 Å². The first-order valence-corrected chi connectivity index (χ1v) is 10.4. The molecule has 134 valence electrons.